The Balaban J connectivity index is 1.41. The van der Waals surface area contributed by atoms with Crippen LogP contribution in [0.1, 0.15) is 16.1 Å². The fourth-order valence-corrected chi connectivity index (χ4v) is 3.95. The maximum atomic E-state index is 12.6. The van der Waals surface area contributed by atoms with Gasteiger partial charge < -0.3 is 14.8 Å². The molecular formula is C24H21N3O4S. The molecule has 32 heavy (non-hydrogen) atoms. The number of ether oxygens (including phenoxy) is 2. The summed E-state index contributed by atoms with van der Waals surface area (Å²) in [5, 5.41) is 9.89. The molecule has 0 saturated heterocycles. The van der Waals surface area contributed by atoms with Gasteiger partial charge in [0.15, 0.2) is 5.13 Å². The summed E-state index contributed by atoms with van der Waals surface area (Å²) in [5.74, 6) is 0.504. The number of carbonyl (C=O) groups excluding carboxylic acids is 2. The molecule has 0 unspecified atom stereocenters. The molecular weight excluding hydrogens is 426 g/mol. The first-order chi connectivity index (χ1) is 15.6. The van der Waals surface area contributed by atoms with E-state index in [4.69, 9.17) is 9.47 Å². The Hall–Kier alpha value is -3.91. The van der Waals surface area contributed by atoms with Gasteiger partial charge in [0.2, 0.25) is 5.91 Å². The van der Waals surface area contributed by atoms with Gasteiger partial charge in [0.1, 0.15) is 11.5 Å². The second-order valence-electron chi connectivity index (χ2n) is 6.95. The number of benzene rings is 3. The zero-order valence-electron chi connectivity index (χ0n) is 17.5. The Kier molecular flexibility index (Phi) is 6.32. The van der Waals surface area contributed by atoms with Gasteiger partial charge in [-0.15, -0.1) is 11.3 Å². The number of hydrogen-bond acceptors (Lipinski definition) is 6. The zero-order valence-corrected chi connectivity index (χ0v) is 18.4. The minimum atomic E-state index is -0.344. The van der Waals surface area contributed by atoms with Crippen LogP contribution in [0.5, 0.6) is 11.5 Å². The van der Waals surface area contributed by atoms with Crippen molar-refractivity contribution in [2.75, 3.05) is 24.9 Å². The van der Waals surface area contributed by atoms with Crippen molar-refractivity contribution in [2.45, 2.75) is 6.42 Å². The van der Waals surface area contributed by atoms with Gasteiger partial charge >= 0.3 is 0 Å². The largest absolute Gasteiger partial charge is 0.497 e. The number of aromatic nitrogens is 1. The summed E-state index contributed by atoms with van der Waals surface area (Å²) in [7, 11) is 3.04. The standard InChI is InChI=1S/C24H21N3O4S/c1-30-18-10-16(11-19(13-18)31-2)23(29)27-24-25-17(14-32-24)12-22(28)26-21-9-5-7-15-6-3-4-8-20(15)21/h3-11,13-14H,12H2,1-2H3,(H,26,28)(H,25,27,29). The SMILES string of the molecule is COc1cc(OC)cc(C(=O)Nc2nc(CC(=O)Nc3cccc4ccccc34)cs2)c1. The lowest BCUT2D eigenvalue weighted by Gasteiger charge is -2.08. The van der Waals surface area contributed by atoms with Gasteiger partial charge in [-0.05, 0) is 23.6 Å². The van der Waals surface area contributed by atoms with E-state index in [2.05, 4.69) is 15.6 Å². The number of nitrogens with one attached hydrogen (secondary N) is 2. The number of thiazole rings is 1. The third-order valence-corrected chi connectivity index (χ3v) is 5.60. The molecule has 4 rings (SSSR count). The van der Waals surface area contributed by atoms with Crippen molar-refractivity contribution in [3.8, 4) is 11.5 Å². The molecule has 0 aliphatic carbocycles. The lowest BCUT2D eigenvalue weighted by Crippen LogP contribution is -2.15. The molecule has 0 bridgehead atoms. The van der Waals surface area contributed by atoms with Crippen LogP contribution in [-0.2, 0) is 11.2 Å². The Labute approximate surface area is 189 Å². The quantitative estimate of drug-likeness (QED) is 0.427. The molecule has 2 amide bonds. The predicted molar refractivity (Wildman–Crippen MR) is 126 cm³/mol. The van der Waals surface area contributed by atoms with Crippen LogP contribution in [0, 0.1) is 0 Å². The molecule has 7 nitrogen and oxygen atoms in total. The van der Waals surface area contributed by atoms with Crippen LogP contribution in [0.25, 0.3) is 10.8 Å². The number of rotatable bonds is 7. The first-order valence-corrected chi connectivity index (χ1v) is 10.7. The molecule has 0 atom stereocenters. The number of methoxy groups -OCH3 is 2. The van der Waals surface area contributed by atoms with Crippen molar-refractivity contribution in [2.24, 2.45) is 0 Å². The number of nitrogens with zero attached hydrogens (tertiary/aromatic N) is 1. The molecule has 0 aliphatic heterocycles. The highest BCUT2D eigenvalue weighted by Gasteiger charge is 2.14. The lowest BCUT2D eigenvalue weighted by atomic mass is 10.1. The van der Waals surface area contributed by atoms with Crippen molar-refractivity contribution in [1.29, 1.82) is 0 Å². The summed E-state index contributed by atoms with van der Waals surface area (Å²) in [6.07, 6.45) is 0.0998. The molecule has 1 heterocycles. The number of carbonyl (C=O) groups is 2. The van der Waals surface area contributed by atoms with E-state index < -0.39 is 0 Å². The van der Waals surface area contributed by atoms with Gasteiger partial charge in [-0.1, -0.05) is 36.4 Å². The average molecular weight is 448 g/mol. The van der Waals surface area contributed by atoms with E-state index in [0.29, 0.717) is 27.9 Å². The maximum absolute atomic E-state index is 12.6. The highest BCUT2D eigenvalue weighted by atomic mass is 32.1. The van der Waals surface area contributed by atoms with Gasteiger partial charge in [-0.3, -0.25) is 14.9 Å². The average Bonchev–Trinajstić information content (AvgIpc) is 3.25. The molecule has 0 spiro atoms. The second-order valence-corrected chi connectivity index (χ2v) is 7.81. The fourth-order valence-electron chi connectivity index (χ4n) is 3.25. The molecule has 0 radical (unpaired) electrons. The molecule has 3 aromatic carbocycles. The summed E-state index contributed by atoms with van der Waals surface area (Å²) >= 11 is 1.26. The summed E-state index contributed by atoms with van der Waals surface area (Å²) in [5.41, 5.74) is 1.71. The van der Waals surface area contributed by atoms with Crippen molar-refractivity contribution in [3.05, 3.63) is 77.3 Å². The minimum absolute atomic E-state index is 0.0998. The van der Waals surface area contributed by atoms with E-state index in [1.807, 2.05) is 42.5 Å². The summed E-state index contributed by atoms with van der Waals surface area (Å²) in [6, 6.07) is 18.6. The Morgan fingerprint density at radius 2 is 1.66 bits per heavy atom. The zero-order chi connectivity index (χ0) is 22.5. The van der Waals surface area contributed by atoms with E-state index in [0.717, 1.165) is 16.5 Å². The van der Waals surface area contributed by atoms with Crippen LogP contribution in [0.2, 0.25) is 0 Å². The first-order valence-electron chi connectivity index (χ1n) is 9.82. The first kappa shape index (κ1) is 21.3. The van der Waals surface area contributed by atoms with Crippen LogP contribution in [0.4, 0.5) is 10.8 Å². The molecule has 4 aromatic rings. The van der Waals surface area contributed by atoms with Gasteiger partial charge in [-0.2, -0.15) is 0 Å². The maximum Gasteiger partial charge on any atom is 0.257 e. The molecule has 0 saturated carbocycles. The van der Waals surface area contributed by atoms with E-state index in [1.54, 1.807) is 23.6 Å². The van der Waals surface area contributed by atoms with Crippen molar-refractivity contribution < 1.29 is 19.1 Å². The number of amides is 2. The number of fused-ring (bicyclic) bond motifs is 1. The van der Waals surface area contributed by atoms with Gasteiger partial charge in [0, 0.05) is 28.1 Å². The van der Waals surface area contributed by atoms with Crippen LogP contribution < -0.4 is 20.1 Å². The monoisotopic (exact) mass is 447 g/mol. The topological polar surface area (TPSA) is 89.6 Å². The van der Waals surface area contributed by atoms with E-state index in [-0.39, 0.29) is 18.2 Å². The predicted octanol–water partition coefficient (Wildman–Crippen LogP) is 4.75. The van der Waals surface area contributed by atoms with Crippen molar-refractivity contribution >= 4 is 44.7 Å². The third-order valence-electron chi connectivity index (χ3n) is 4.79. The van der Waals surface area contributed by atoms with Crippen LogP contribution in [-0.4, -0.2) is 31.0 Å². The van der Waals surface area contributed by atoms with E-state index >= 15 is 0 Å². The summed E-state index contributed by atoms with van der Waals surface area (Å²) in [6.45, 7) is 0. The molecule has 2 N–H and O–H groups in total. The normalized spacial score (nSPS) is 10.6. The Morgan fingerprint density at radius 3 is 2.41 bits per heavy atom. The van der Waals surface area contributed by atoms with Crippen LogP contribution >= 0.6 is 11.3 Å². The van der Waals surface area contributed by atoms with Gasteiger partial charge in [0.25, 0.3) is 5.91 Å². The molecule has 0 fully saturated rings. The highest BCUT2D eigenvalue weighted by Crippen LogP contribution is 2.25. The summed E-state index contributed by atoms with van der Waals surface area (Å²) in [4.78, 5) is 29.5. The Bertz CT molecular complexity index is 1260. The lowest BCUT2D eigenvalue weighted by molar-refractivity contribution is -0.115. The molecule has 1 aromatic heterocycles. The van der Waals surface area contributed by atoms with Crippen LogP contribution in [0.3, 0.4) is 0 Å². The van der Waals surface area contributed by atoms with Crippen molar-refractivity contribution in [3.63, 3.8) is 0 Å². The number of anilines is 2. The highest BCUT2D eigenvalue weighted by molar-refractivity contribution is 7.14. The van der Waals surface area contributed by atoms with E-state index in [1.165, 1.54) is 25.6 Å². The molecule has 8 heteroatoms. The second kappa shape index (κ2) is 9.49. The van der Waals surface area contributed by atoms with Crippen LogP contribution in [0.15, 0.2) is 66.0 Å². The third kappa shape index (κ3) is 4.87. The fraction of sp³-hybridized carbons (Fsp3) is 0.125. The van der Waals surface area contributed by atoms with Gasteiger partial charge in [-0.25, -0.2) is 4.98 Å². The number of hydrogen-bond donors (Lipinski definition) is 2. The minimum Gasteiger partial charge on any atom is -0.497 e. The summed E-state index contributed by atoms with van der Waals surface area (Å²) < 4.78 is 10.4. The molecule has 0 aliphatic rings. The Morgan fingerprint density at radius 1 is 0.938 bits per heavy atom. The van der Waals surface area contributed by atoms with Crippen molar-refractivity contribution in [1.82, 2.24) is 4.98 Å². The molecule has 162 valence electrons. The van der Waals surface area contributed by atoms with Gasteiger partial charge in [0.05, 0.1) is 26.3 Å². The smallest absolute Gasteiger partial charge is 0.257 e. The van der Waals surface area contributed by atoms with E-state index in [9.17, 15) is 9.59 Å².